The van der Waals surface area contributed by atoms with E-state index in [1.165, 1.54) is 11.3 Å². The quantitative estimate of drug-likeness (QED) is 0.607. The number of rotatable bonds is 6. The Hall–Kier alpha value is -3.19. The third kappa shape index (κ3) is 4.81. The molecule has 0 saturated carbocycles. The van der Waals surface area contributed by atoms with E-state index < -0.39 is 18.5 Å². The van der Waals surface area contributed by atoms with Gasteiger partial charge in [-0.25, -0.2) is 4.79 Å². The molecule has 0 saturated heterocycles. The lowest BCUT2D eigenvalue weighted by molar-refractivity contribution is -0.126. The van der Waals surface area contributed by atoms with E-state index in [0.717, 1.165) is 32.5 Å². The molecule has 6 nitrogen and oxygen atoms in total. The molecule has 0 bridgehead atoms. The van der Waals surface area contributed by atoms with Crippen LogP contribution < -0.4 is 10.6 Å². The molecule has 29 heavy (non-hydrogen) atoms. The van der Waals surface area contributed by atoms with Crippen molar-refractivity contribution in [3.8, 4) is 0 Å². The van der Waals surface area contributed by atoms with Gasteiger partial charge in [0.25, 0.3) is 5.91 Å². The Morgan fingerprint density at radius 1 is 0.931 bits per heavy atom. The molecule has 0 aliphatic rings. The molecule has 1 aromatic heterocycles. The first-order valence-electron chi connectivity index (χ1n) is 9.15. The first kappa shape index (κ1) is 20.5. The van der Waals surface area contributed by atoms with E-state index in [-0.39, 0.29) is 12.5 Å². The fraction of sp³-hybridized carbons (Fsp3) is 0.227. The van der Waals surface area contributed by atoms with Crippen LogP contribution in [0, 0.1) is 20.8 Å². The average Bonchev–Trinajstić information content (AvgIpc) is 3.04. The molecular formula is C22H22N2O4S. The van der Waals surface area contributed by atoms with Gasteiger partial charge in [0.05, 0.1) is 6.54 Å². The summed E-state index contributed by atoms with van der Waals surface area (Å²) in [6.45, 7) is 5.01. The maximum atomic E-state index is 12.3. The predicted octanol–water partition coefficient (Wildman–Crippen LogP) is 3.74. The van der Waals surface area contributed by atoms with Crippen molar-refractivity contribution in [2.45, 2.75) is 20.8 Å². The highest BCUT2D eigenvalue weighted by molar-refractivity contribution is 7.21. The van der Waals surface area contributed by atoms with Gasteiger partial charge >= 0.3 is 5.97 Å². The molecule has 0 aliphatic heterocycles. The number of amides is 2. The molecule has 0 radical (unpaired) electrons. The van der Waals surface area contributed by atoms with Gasteiger partial charge in [0.15, 0.2) is 6.61 Å². The summed E-state index contributed by atoms with van der Waals surface area (Å²) in [6.07, 6.45) is 0. The van der Waals surface area contributed by atoms with Crippen molar-refractivity contribution in [2.75, 3.05) is 18.5 Å². The minimum absolute atomic E-state index is 0.202. The van der Waals surface area contributed by atoms with Gasteiger partial charge in [-0.1, -0.05) is 36.4 Å². The van der Waals surface area contributed by atoms with Crippen molar-refractivity contribution in [3.63, 3.8) is 0 Å². The maximum Gasteiger partial charge on any atom is 0.349 e. The first-order valence-corrected chi connectivity index (χ1v) is 9.96. The highest BCUT2D eigenvalue weighted by atomic mass is 32.1. The fourth-order valence-electron chi connectivity index (χ4n) is 2.99. The number of nitrogens with one attached hydrogen (secondary N) is 2. The van der Waals surface area contributed by atoms with E-state index in [2.05, 4.69) is 10.6 Å². The van der Waals surface area contributed by atoms with Gasteiger partial charge in [0.1, 0.15) is 4.88 Å². The molecule has 3 aromatic rings. The number of ether oxygens (including phenoxy) is 1. The Kier molecular flexibility index (Phi) is 6.29. The second kappa shape index (κ2) is 8.87. The van der Waals surface area contributed by atoms with E-state index >= 15 is 0 Å². The summed E-state index contributed by atoms with van der Waals surface area (Å²) in [6, 6.07) is 13.4. The summed E-state index contributed by atoms with van der Waals surface area (Å²) in [4.78, 5) is 36.9. The fourth-order valence-corrected chi connectivity index (χ4v) is 4.09. The minimum atomic E-state index is -0.543. The summed E-state index contributed by atoms with van der Waals surface area (Å²) in [5.74, 6) is -1.42. The number of hydrogen-bond donors (Lipinski definition) is 2. The van der Waals surface area contributed by atoms with Crippen molar-refractivity contribution in [3.05, 3.63) is 64.0 Å². The molecule has 3 rings (SSSR count). The van der Waals surface area contributed by atoms with E-state index in [0.29, 0.717) is 4.88 Å². The monoisotopic (exact) mass is 410 g/mol. The summed E-state index contributed by atoms with van der Waals surface area (Å²) in [5.41, 5.74) is 3.46. The van der Waals surface area contributed by atoms with Gasteiger partial charge in [-0.05, 0) is 48.9 Å². The molecule has 2 N–H and O–H groups in total. The number of para-hydroxylation sites is 1. The lowest BCUT2D eigenvalue weighted by Gasteiger charge is -2.12. The van der Waals surface area contributed by atoms with E-state index in [4.69, 9.17) is 4.74 Å². The SMILES string of the molecule is Cc1cccc(C)c1NC(=O)CNC(=O)COC(=O)c1sc2ccccc2c1C. The zero-order valence-electron chi connectivity index (χ0n) is 16.5. The largest absolute Gasteiger partial charge is 0.451 e. The molecule has 0 atom stereocenters. The average molecular weight is 410 g/mol. The summed E-state index contributed by atoms with van der Waals surface area (Å²) < 4.78 is 6.11. The highest BCUT2D eigenvalue weighted by Crippen LogP contribution is 2.30. The van der Waals surface area contributed by atoms with Crippen LogP contribution in [0.5, 0.6) is 0 Å². The van der Waals surface area contributed by atoms with Gasteiger partial charge in [-0.2, -0.15) is 0 Å². The Labute approximate surface area is 172 Å². The van der Waals surface area contributed by atoms with Crippen LogP contribution in [0.25, 0.3) is 10.1 Å². The molecule has 7 heteroatoms. The van der Waals surface area contributed by atoms with Crippen LogP contribution in [0.2, 0.25) is 0 Å². The summed E-state index contributed by atoms with van der Waals surface area (Å²) in [5, 5.41) is 6.25. The number of aryl methyl sites for hydroxylation is 3. The van der Waals surface area contributed by atoms with Crippen molar-refractivity contribution in [2.24, 2.45) is 0 Å². The number of hydrogen-bond acceptors (Lipinski definition) is 5. The van der Waals surface area contributed by atoms with Gasteiger partial charge in [0, 0.05) is 10.4 Å². The first-order chi connectivity index (χ1) is 13.9. The van der Waals surface area contributed by atoms with Gasteiger partial charge in [0.2, 0.25) is 5.91 Å². The van der Waals surface area contributed by atoms with Crippen molar-refractivity contribution >= 4 is 44.9 Å². The number of fused-ring (bicyclic) bond motifs is 1. The van der Waals surface area contributed by atoms with Crippen LogP contribution in [-0.4, -0.2) is 30.9 Å². The second-order valence-electron chi connectivity index (χ2n) is 6.72. The Bertz CT molecular complexity index is 1070. The molecule has 0 spiro atoms. The third-order valence-electron chi connectivity index (χ3n) is 4.56. The van der Waals surface area contributed by atoms with Crippen molar-refractivity contribution < 1.29 is 19.1 Å². The van der Waals surface area contributed by atoms with Crippen LogP contribution >= 0.6 is 11.3 Å². The van der Waals surface area contributed by atoms with Gasteiger partial charge < -0.3 is 15.4 Å². The summed E-state index contributed by atoms with van der Waals surface area (Å²) >= 11 is 1.34. The minimum Gasteiger partial charge on any atom is -0.451 e. The molecule has 0 unspecified atom stereocenters. The number of carbonyl (C=O) groups is 3. The van der Waals surface area contributed by atoms with E-state index in [1.54, 1.807) is 0 Å². The smallest absolute Gasteiger partial charge is 0.349 e. The van der Waals surface area contributed by atoms with Crippen LogP contribution in [0.4, 0.5) is 5.69 Å². The topological polar surface area (TPSA) is 84.5 Å². The Morgan fingerprint density at radius 2 is 1.62 bits per heavy atom. The number of benzene rings is 2. The number of esters is 1. The molecule has 150 valence electrons. The van der Waals surface area contributed by atoms with Crippen LogP contribution in [0.1, 0.15) is 26.4 Å². The molecule has 2 amide bonds. The number of anilines is 1. The Morgan fingerprint density at radius 3 is 2.31 bits per heavy atom. The molecular weight excluding hydrogens is 388 g/mol. The van der Waals surface area contributed by atoms with Crippen LogP contribution in [0.3, 0.4) is 0 Å². The number of carbonyl (C=O) groups excluding carboxylic acids is 3. The van der Waals surface area contributed by atoms with Crippen LogP contribution in [0.15, 0.2) is 42.5 Å². The molecule has 1 heterocycles. The van der Waals surface area contributed by atoms with Gasteiger partial charge in [-0.3, -0.25) is 9.59 Å². The number of thiophene rings is 1. The standard InChI is InChI=1S/C22H22N2O4S/c1-13-7-6-8-14(2)20(13)24-18(25)11-23-19(26)12-28-22(27)21-15(3)16-9-4-5-10-17(16)29-21/h4-10H,11-12H2,1-3H3,(H,23,26)(H,24,25). The third-order valence-corrected chi connectivity index (χ3v) is 5.81. The summed E-state index contributed by atoms with van der Waals surface area (Å²) in [7, 11) is 0. The van der Waals surface area contributed by atoms with E-state index in [1.807, 2.05) is 63.2 Å². The molecule has 2 aromatic carbocycles. The van der Waals surface area contributed by atoms with E-state index in [9.17, 15) is 14.4 Å². The lowest BCUT2D eigenvalue weighted by Crippen LogP contribution is -2.35. The van der Waals surface area contributed by atoms with Gasteiger partial charge in [-0.15, -0.1) is 11.3 Å². The highest BCUT2D eigenvalue weighted by Gasteiger charge is 2.18. The zero-order chi connectivity index (χ0) is 21.0. The maximum absolute atomic E-state index is 12.3. The zero-order valence-corrected chi connectivity index (χ0v) is 17.3. The normalized spacial score (nSPS) is 10.6. The predicted molar refractivity (Wildman–Crippen MR) is 114 cm³/mol. The van der Waals surface area contributed by atoms with Crippen molar-refractivity contribution in [1.29, 1.82) is 0 Å². The molecule has 0 fully saturated rings. The van der Waals surface area contributed by atoms with Crippen molar-refractivity contribution in [1.82, 2.24) is 5.32 Å². The molecule has 0 aliphatic carbocycles. The van der Waals surface area contributed by atoms with Crippen LogP contribution in [-0.2, 0) is 14.3 Å². The lowest BCUT2D eigenvalue weighted by atomic mass is 10.1. The Balaban J connectivity index is 1.50. The second-order valence-corrected chi connectivity index (χ2v) is 7.77.